The van der Waals surface area contributed by atoms with Gasteiger partial charge in [-0.2, -0.15) is 23.2 Å². The summed E-state index contributed by atoms with van der Waals surface area (Å²) in [5, 5.41) is 10.8. The number of pyridine rings is 1. The lowest BCUT2D eigenvalue weighted by Gasteiger charge is -2.18. The second-order valence-electron chi connectivity index (χ2n) is 7.80. The molecule has 13 heteroatoms. The number of alkyl halides is 3. The van der Waals surface area contributed by atoms with E-state index in [2.05, 4.69) is 21.0 Å². The fraction of sp³-hybridized carbons (Fsp3) is 0.400. The van der Waals surface area contributed by atoms with Crippen LogP contribution in [0.3, 0.4) is 0 Å². The molecule has 1 aliphatic rings. The van der Waals surface area contributed by atoms with Crippen LogP contribution in [-0.4, -0.2) is 40.2 Å². The van der Waals surface area contributed by atoms with Gasteiger partial charge in [0.05, 0.1) is 23.0 Å². The van der Waals surface area contributed by atoms with Crippen molar-refractivity contribution in [3.05, 3.63) is 35.2 Å². The van der Waals surface area contributed by atoms with Crippen LogP contribution in [0.1, 0.15) is 44.2 Å². The third kappa shape index (κ3) is 4.40. The molecule has 174 valence electrons. The van der Waals surface area contributed by atoms with Crippen molar-refractivity contribution in [3.8, 4) is 17.6 Å². The Hall–Kier alpha value is -2.75. The van der Waals surface area contributed by atoms with Crippen LogP contribution < -0.4 is 4.72 Å². The minimum atomic E-state index is -4.74. The monoisotopic (exact) mass is 498 g/mol. The van der Waals surface area contributed by atoms with E-state index >= 15 is 0 Å². The molecule has 0 aromatic carbocycles. The summed E-state index contributed by atoms with van der Waals surface area (Å²) in [4.78, 5) is 12.1. The van der Waals surface area contributed by atoms with E-state index in [4.69, 9.17) is 11.6 Å². The standard InChI is InChI=1S/C20H18ClF3N6O2S/c1-11(20(22,23)24)29-33(31,32)14-9-26-18(27-10-14)17-16(7-25)15-6-12(21)8-28-19(15)30(17)13-4-2-3-5-13/h6,8-11,13,29H,2-5H2,1H3. The fourth-order valence-electron chi connectivity index (χ4n) is 3.96. The average molecular weight is 499 g/mol. The van der Waals surface area contributed by atoms with Crippen LogP contribution in [0.15, 0.2) is 29.6 Å². The van der Waals surface area contributed by atoms with Crippen LogP contribution >= 0.6 is 11.6 Å². The summed E-state index contributed by atoms with van der Waals surface area (Å²) >= 11 is 6.09. The van der Waals surface area contributed by atoms with Crippen molar-refractivity contribution < 1.29 is 21.6 Å². The normalized spacial score (nSPS) is 16.2. The Labute approximate surface area is 192 Å². The first-order valence-electron chi connectivity index (χ1n) is 10.0. The lowest BCUT2D eigenvalue weighted by Crippen LogP contribution is -2.43. The summed E-state index contributed by atoms with van der Waals surface area (Å²) in [5.74, 6) is 0.0652. The Morgan fingerprint density at radius 2 is 1.85 bits per heavy atom. The molecule has 1 aliphatic carbocycles. The van der Waals surface area contributed by atoms with Crippen LogP contribution in [-0.2, 0) is 10.0 Å². The Morgan fingerprint density at radius 3 is 2.42 bits per heavy atom. The molecule has 0 bridgehead atoms. The third-order valence-corrected chi connectivity index (χ3v) is 7.29. The molecule has 0 radical (unpaired) electrons. The zero-order chi connectivity index (χ0) is 24.0. The van der Waals surface area contributed by atoms with Gasteiger partial charge in [-0.1, -0.05) is 24.4 Å². The number of hydrogen-bond donors (Lipinski definition) is 1. The maximum absolute atomic E-state index is 12.8. The number of fused-ring (bicyclic) bond motifs is 1. The van der Waals surface area contributed by atoms with E-state index in [9.17, 15) is 26.9 Å². The van der Waals surface area contributed by atoms with E-state index in [0.29, 0.717) is 28.7 Å². The van der Waals surface area contributed by atoms with Gasteiger partial charge < -0.3 is 4.57 Å². The van der Waals surface area contributed by atoms with Crippen molar-refractivity contribution in [2.24, 2.45) is 0 Å². The zero-order valence-electron chi connectivity index (χ0n) is 17.3. The van der Waals surface area contributed by atoms with Crippen LogP contribution in [0.5, 0.6) is 0 Å². The van der Waals surface area contributed by atoms with Gasteiger partial charge in [0.25, 0.3) is 0 Å². The molecule has 3 aromatic heterocycles. The maximum atomic E-state index is 12.8. The van der Waals surface area contributed by atoms with Gasteiger partial charge in [0, 0.05) is 17.6 Å². The van der Waals surface area contributed by atoms with Gasteiger partial charge in [0.1, 0.15) is 28.3 Å². The smallest absolute Gasteiger partial charge is 0.318 e. The molecule has 1 N–H and O–H groups in total. The van der Waals surface area contributed by atoms with Crippen molar-refractivity contribution in [2.75, 3.05) is 0 Å². The molecule has 3 heterocycles. The van der Waals surface area contributed by atoms with Gasteiger partial charge in [0.15, 0.2) is 5.82 Å². The first kappa shape index (κ1) is 23.4. The highest BCUT2D eigenvalue weighted by molar-refractivity contribution is 7.89. The van der Waals surface area contributed by atoms with E-state index in [0.717, 1.165) is 38.1 Å². The van der Waals surface area contributed by atoms with Gasteiger partial charge in [0.2, 0.25) is 10.0 Å². The number of nitriles is 1. The van der Waals surface area contributed by atoms with E-state index < -0.39 is 27.1 Å². The highest BCUT2D eigenvalue weighted by atomic mass is 35.5. The van der Waals surface area contributed by atoms with Gasteiger partial charge in [-0.15, -0.1) is 0 Å². The van der Waals surface area contributed by atoms with Crippen LogP contribution in [0.4, 0.5) is 13.2 Å². The molecular weight excluding hydrogens is 481 g/mol. The first-order chi connectivity index (χ1) is 15.5. The number of nitrogens with one attached hydrogen (secondary N) is 1. The summed E-state index contributed by atoms with van der Waals surface area (Å²) in [6.07, 6.45) is 2.30. The molecular formula is C20H18ClF3N6O2S. The lowest BCUT2D eigenvalue weighted by molar-refractivity contribution is -0.147. The molecule has 1 fully saturated rings. The highest BCUT2D eigenvalue weighted by Gasteiger charge is 2.39. The summed E-state index contributed by atoms with van der Waals surface area (Å²) in [6, 6.07) is 1.52. The Morgan fingerprint density at radius 1 is 1.21 bits per heavy atom. The summed E-state index contributed by atoms with van der Waals surface area (Å²) in [5.41, 5.74) is 1.15. The SMILES string of the molecule is CC(NS(=O)(=O)c1cnc(-c2c(C#N)c3cc(Cl)cnc3n2C2CCCC2)nc1)C(F)(F)F. The highest BCUT2D eigenvalue weighted by Crippen LogP contribution is 2.40. The zero-order valence-corrected chi connectivity index (χ0v) is 18.8. The van der Waals surface area contributed by atoms with Crippen LogP contribution in [0.2, 0.25) is 5.02 Å². The molecule has 0 amide bonds. The van der Waals surface area contributed by atoms with E-state index in [-0.39, 0.29) is 17.4 Å². The second-order valence-corrected chi connectivity index (χ2v) is 9.95. The van der Waals surface area contributed by atoms with Crippen molar-refractivity contribution in [1.29, 1.82) is 5.26 Å². The maximum Gasteiger partial charge on any atom is 0.404 e. The minimum Gasteiger partial charge on any atom is -0.318 e. The topological polar surface area (TPSA) is 114 Å². The van der Waals surface area contributed by atoms with Gasteiger partial charge >= 0.3 is 6.18 Å². The number of nitrogens with zero attached hydrogens (tertiary/aromatic N) is 5. The van der Waals surface area contributed by atoms with Crippen LogP contribution in [0, 0.1) is 11.3 Å². The summed E-state index contributed by atoms with van der Waals surface area (Å²) in [7, 11) is -4.51. The van der Waals surface area contributed by atoms with Crippen LogP contribution in [0.25, 0.3) is 22.6 Å². The second kappa shape index (κ2) is 8.55. The molecule has 4 rings (SSSR count). The molecule has 0 saturated heterocycles. The average Bonchev–Trinajstić information content (AvgIpc) is 3.38. The van der Waals surface area contributed by atoms with E-state index in [1.54, 1.807) is 10.8 Å². The van der Waals surface area contributed by atoms with Gasteiger partial charge in [-0.3, -0.25) is 0 Å². The molecule has 0 aliphatic heterocycles. The fourth-order valence-corrected chi connectivity index (χ4v) is 5.23. The molecule has 0 spiro atoms. The molecule has 1 atom stereocenters. The number of sulfonamides is 1. The number of halogens is 4. The van der Waals surface area contributed by atoms with Crippen molar-refractivity contribution in [1.82, 2.24) is 24.2 Å². The number of aromatic nitrogens is 4. The first-order valence-corrected chi connectivity index (χ1v) is 11.9. The Bertz CT molecular complexity index is 1340. The van der Waals surface area contributed by atoms with Gasteiger partial charge in [-0.05, 0) is 25.8 Å². The van der Waals surface area contributed by atoms with Crippen molar-refractivity contribution >= 4 is 32.7 Å². The third-order valence-electron chi connectivity index (χ3n) is 5.58. The summed E-state index contributed by atoms with van der Waals surface area (Å²) in [6.45, 7) is 0.699. The quantitative estimate of drug-likeness (QED) is 0.559. The largest absolute Gasteiger partial charge is 0.404 e. The Balaban J connectivity index is 1.81. The minimum absolute atomic E-state index is 0.0413. The predicted octanol–water partition coefficient (Wildman–Crippen LogP) is 4.36. The Kier molecular flexibility index (Phi) is 6.07. The van der Waals surface area contributed by atoms with E-state index in [1.807, 2.05) is 4.57 Å². The van der Waals surface area contributed by atoms with E-state index in [1.165, 1.54) is 6.20 Å². The predicted molar refractivity (Wildman–Crippen MR) is 114 cm³/mol. The number of hydrogen-bond acceptors (Lipinski definition) is 6. The summed E-state index contributed by atoms with van der Waals surface area (Å²) < 4.78 is 66.5. The number of rotatable bonds is 5. The molecule has 1 saturated carbocycles. The molecule has 3 aromatic rings. The van der Waals surface area contributed by atoms with Gasteiger partial charge in [-0.25, -0.2) is 23.4 Å². The van der Waals surface area contributed by atoms with Crippen molar-refractivity contribution in [2.45, 2.75) is 55.8 Å². The molecule has 33 heavy (non-hydrogen) atoms. The lowest BCUT2D eigenvalue weighted by atomic mass is 10.1. The molecule has 8 nitrogen and oxygen atoms in total. The molecule has 1 unspecified atom stereocenters. The van der Waals surface area contributed by atoms with Crippen molar-refractivity contribution in [3.63, 3.8) is 0 Å².